The number of hydrogen-bond acceptors (Lipinski definition) is 3. The van der Waals surface area contributed by atoms with E-state index in [1.807, 2.05) is 0 Å². The highest BCUT2D eigenvalue weighted by Crippen LogP contribution is 2.14. The van der Waals surface area contributed by atoms with E-state index in [-0.39, 0.29) is 6.61 Å². The van der Waals surface area contributed by atoms with Gasteiger partial charge in [-0.05, 0) is 18.9 Å². The Morgan fingerprint density at radius 2 is 2.45 bits per heavy atom. The van der Waals surface area contributed by atoms with Crippen molar-refractivity contribution < 1.29 is 9.90 Å². The minimum absolute atomic E-state index is 0.289. The summed E-state index contributed by atoms with van der Waals surface area (Å²) in [6.07, 6.45) is 2.65. The van der Waals surface area contributed by atoms with Crippen molar-refractivity contribution in [3.63, 3.8) is 0 Å². The topological polar surface area (TPSA) is 40.5 Å². The normalized spacial score (nSPS) is 25.7. The van der Waals surface area contributed by atoms with Crippen molar-refractivity contribution in [3.05, 3.63) is 0 Å². The van der Waals surface area contributed by atoms with Crippen molar-refractivity contribution in [3.8, 4) is 0 Å². The fourth-order valence-corrected chi connectivity index (χ4v) is 1.50. The summed E-state index contributed by atoms with van der Waals surface area (Å²) in [5.74, 6) is 0.446. The Labute approximate surface area is 67.0 Å². The predicted octanol–water partition coefficient (Wildman–Crippen LogP) is -0.110. The second-order valence-corrected chi connectivity index (χ2v) is 3.09. The van der Waals surface area contributed by atoms with Gasteiger partial charge < -0.3 is 14.8 Å². The van der Waals surface area contributed by atoms with Gasteiger partial charge in [-0.1, -0.05) is 0 Å². The van der Waals surface area contributed by atoms with Gasteiger partial charge in [0.2, 0.25) is 0 Å². The van der Waals surface area contributed by atoms with Crippen molar-refractivity contribution in [2.75, 3.05) is 26.2 Å². The fourth-order valence-electron chi connectivity index (χ4n) is 1.50. The van der Waals surface area contributed by atoms with Gasteiger partial charge in [-0.3, -0.25) is 0 Å². The molecule has 1 saturated heterocycles. The average molecular weight is 157 g/mol. The zero-order valence-electron chi connectivity index (χ0n) is 6.70. The molecule has 0 aromatic heterocycles. The smallest absolute Gasteiger partial charge is 0.121 e. The van der Waals surface area contributed by atoms with Crippen LogP contribution in [-0.4, -0.2) is 42.5 Å². The van der Waals surface area contributed by atoms with E-state index >= 15 is 0 Å². The van der Waals surface area contributed by atoms with E-state index in [1.54, 1.807) is 0 Å². The molecule has 11 heavy (non-hydrogen) atoms. The Bertz CT molecular complexity index is 127. The molecular weight excluding hydrogens is 142 g/mol. The zero-order valence-corrected chi connectivity index (χ0v) is 6.70. The van der Waals surface area contributed by atoms with Crippen LogP contribution in [0.15, 0.2) is 0 Å². The van der Waals surface area contributed by atoms with E-state index in [9.17, 15) is 4.79 Å². The molecule has 0 aromatic rings. The van der Waals surface area contributed by atoms with Crippen LogP contribution in [-0.2, 0) is 4.79 Å². The number of carbonyl (C=O) groups is 1. The molecule has 0 radical (unpaired) electrons. The first-order valence-corrected chi connectivity index (χ1v) is 4.13. The lowest BCUT2D eigenvalue weighted by Crippen LogP contribution is -2.22. The summed E-state index contributed by atoms with van der Waals surface area (Å²) in [5, 5.41) is 8.81. The van der Waals surface area contributed by atoms with Crippen LogP contribution in [0.2, 0.25) is 0 Å². The van der Waals surface area contributed by atoms with Crippen LogP contribution in [0.5, 0.6) is 0 Å². The molecule has 1 N–H and O–H groups in total. The number of likely N-dealkylation sites (tertiary alicyclic amines) is 1. The minimum Gasteiger partial charge on any atom is -0.396 e. The van der Waals surface area contributed by atoms with Gasteiger partial charge in [0.05, 0.1) is 0 Å². The summed E-state index contributed by atoms with van der Waals surface area (Å²) in [5.41, 5.74) is 0. The quantitative estimate of drug-likeness (QED) is 0.579. The Morgan fingerprint density at radius 1 is 1.64 bits per heavy atom. The van der Waals surface area contributed by atoms with Crippen LogP contribution in [0.4, 0.5) is 0 Å². The molecule has 0 amide bonds. The average Bonchev–Trinajstić information content (AvgIpc) is 2.48. The lowest BCUT2D eigenvalue weighted by atomic mass is 10.1. The Balaban J connectivity index is 2.13. The Morgan fingerprint density at radius 3 is 3.00 bits per heavy atom. The molecule has 3 nitrogen and oxygen atoms in total. The summed E-state index contributed by atoms with van der Waals surface area (Å²) in [7, 11) is 0. The highest BCUT2D eigenvalue weighted by atomic mass is 16.3. The fraction of sp³-hybridized carbons (Fsp3) is 0.875. The molecule has 0 spiro atoms. The molecular formula is C8H15NO2. The maximum Gasteiger partial charge on any atom is 0.121 e. The summed E-state index contributed by atoms with van der Waals surface area (Å²) in [6, 6.07) is 0. The highest BCUT2D eigenvalue weighted by Gasteiger charge is 2.20. The second kappa shape index (κ2) is 4.46. The van der Waals surface area contributed by atoms with Crippen molar-refractivity contribution in [1.82, 2.24) is 4.90 Å². The van der Waals surface area contributed by atoms with Gasteiger partial charge in [0.1, 0.15) is 6.29 Å². The van der Waals surface area contributed by atoms with E-state index in [2.05, 4.69) is 4.90 Å². The Hall–Kier alpha value is -0.410. The summed E-state index contributed by atoms with van der Waals surface area (Å²) >= 11 is 0. The number of rotatable bonds is 4. The van der Waals surface area contributed by atoms with E-state index in [0.717, 1.165) is 32.3 Å². The highest BCUT2D eigenvalue weighted by molar-refractivity contribution is 5.49. The van der Waals surface area contributed by atoms with Crippen LogP contribution in [0.25, 0.3) is 0 Å². The molecule has 1 aliphatic heterocycles. The molecule has 1 atom stereocenters. The number of carbonyl (C=O) groups excluding carboxylic acids is 1. The van der Waals surface area contributed by atoms with Gasteiger partial charge in [-0.15, -0.1) is 0 Å². The van der Waals surface area contributed by atoms with Crippen molar-refractivity contribution >= 4 is 6.29 Å². The van der Waals surface area contributed by atoms with Crippen molar-refractivity contribution in [1.29, 1.82) is 0 Å². The number of aldehydes is 1. The predicted molar refractivity (Wildman–Crippen MR) is 42.3 cm³/mol. The van der Waals surface area contributed by atoms with Crippen LogP contribution >= 0.6 is 0 Å². The second-order valence-electron chi connectivity index (χ2n) is 3.09. The molecule has 1 rings (SSSR count). The lowest BCUT2D eigenvalue weighted by Gasteiger charge is -2.12. The first kappa shape index (κ1) is 8.68. The van der Waals surface area contributed by atoms with Gasteiger partial charge >= 0.3 is 0 Å². The molecule has 0 saturated carbocycles. The molecule has 0 bridgehead atoms. The number of aliphatic hydroxyl groups excluding tert-OH is 1. The third-order valence-corrected chi connectivity index (χ3v) is 2.19. The molecule has 1 heterocycles. The summed E-state index contributed by atoms with van der Waals surface area (Å²) in [6.45, 7) is 3.15. The van der Waals surface area contributed by atoms with Crippen LogP contribution in [0, 0.1) is 5.92 Å². The molecule has 0 aromatic carbocycles. The van der Waals surface area contributed by atoms with Crippen molar-refractivity contribution in [2.45, 2.75) is 12.8 Å². The van der Waals surface area contributed by atoms with Crippen LogP contribution < -0.4 is 0 Å². The minimum atomic E-state index is 0.289. The van der Waals surface area contributed by atoms with Crippen LogP contribution in [0.3, 0.4) is 0 Å². The summed E-state index contributed by atoms with van der Waals surface area (Å²) in [4.78, 5) is 12.3. The molecule has 3 heteroatoms. The first-order valence-electron chi connectivity index (χ1n) is 4.13. The summed E-state index contributed by atoms with van der Waals surface area (Å²) < 4.78 is 0. The Kier molecular flexibility index (Phi) is 3.52. The van der Waals surface area contributed by atoms with E-state index in [1.165, 1.54) is 0 Å². The number of hydrogen-bond donors (Lipinski definition) is 1. The van der Waals surface area contributed by atoms with Crippen molar-refractivity contribution in [2.24, 2.45) is 5.92 Å². The van der Waals surface area contributed by atoms with Gasteiger partial charge in [-0.2, -0.15) is 0 Å². The van der Waals surface area contributed by atoms with Crippen LogP contribution in [0.1, 0.15) is 12.8 Å². The molecule has 0 aliphatic carbocycles. The maximum atomic E-state index is 10.0. The van der Waals surface area contributed by atoms with E-state index < -0.39 is 0 Å². The van der Waals surface area contributed by atoms with Gasteiger partial charge in [-0.25, -0.2) is 0 Å². The molecule has 1 unspecified atom stereocenters. The monoisotopic (exact) mass is 157 g/mol. The molecule has 1 aliphatic rings. The molecule has 64 valence electrons. The largest absolute Gasteiger partial charge is 0.396 e. The maximum absolute atomic E-state index is 10.0. The zero-order chi connectivity index (χ0) is 8.10. The standard InChI is InChI=1S/C8H15NO2/c10-5-1-3-9-4-2-8(6-9)7-11/h5,8,11H,1-4,6-7H2. The molecule has 1 fully saturated rings. The SMILES string of the molecule is O=CCCN1CCC(CO)C1. The van der Waals surface area contributed by atoms with E-state index in [4.69, 9.17) is 5.11 Å². The third kappa shape index (κ3) is 2.60. The van der Waals surface area contributed by atoms with Gasteiger partial charge in [0.25, 0.3) is 0 Å². The van der Waals surface area contributed by atoms with Gasteiger partial charge in [0, 0.05) is 26.1 Å². The number of aliphatic hydroxyl groups is 1. The third-order valence-electron chi connectivity index (χ3n) is 2.19. The first-order chi connectivity index (χ1) is 5.36. The van der Waals surface area contributed by atoms with Gasteiger partial charge in [0.15, 0.2) is 0 Å². The van der Waals surface area contributed by atoms with E-state index in [0.29, 0.717) is 12.3 Å². The number of nitrogens with zero attached hydrogens (tertiary/aromatic N) is 1. The lowest BCUT2D eigenvalue weighted by molar-refractivity contribution is -0.108.